The number of nitrogens with two attached hydrogens (primary N) is 1. The second-order valence-electron chi connectivity index (χ2n) is 5.52. The predicted molar refractivity (Wildman–Crippen MR) is 110 cm³/mol. The Kier molecular flexibility index (Phi) is 8.30. The molecule has 0 radical (unpaired) electrons. The molecule has 3 rings (SSSR count). The quantitative estimate of drug-likeness (QED) is 0.591. The van der Waals surface area contributed by atoms with Crippen LogP contribution >= 0.6 is 11.3 Å². The second-order valence-corrected chi connectivity index (χ2v) is 6.47. The van der Waals surface area contributed by atoms with Gasteiger partial charge in [0, 0.05) is 32.0 Å². The molecule has 4 N–H and O–H groups in total. The Labute approximate surface area is 170 Å². The molecule has 29 heavy (non-hydrogen) atoms. The number of methoxy groups -OCH3 is 1. The number of aromatic nitrogens is 2. The number of allylic oxidation sites excluding steroid dienone is 1. The summed E-state index contributed by atoms with van der Waals surface area (Å²) < 4.78 is 14.6. The number of hydrogen-bond donors (Lipinski definition) is 3. The van der Waals surface area contributed by atoms with E-state index in [1.54, 1.807) is 20.0 Å². The highest BCUT2D eigenvalue weighted by Gasteiger charge is 2.18. The Morgan fingerprint density at radius 2 is 2.10 bits per heavy atom. The summed E-state index contributed by atoms with van der Waals surface area (Å²) >= 11 is 1.06. The average Bonchev–Trinajstić information content (AvgIpc) is 3.06. The predicted octanol–water partition coefficient (Wildman–Crippen LogP) is 1.77. The lowest BCUT2D eigenvalue weighted by molar-refractivity contribution is 0.0367. The zero-order valence-electron chi connectivity index (χ0n) is 16.2. The molecule has 1 aliphatic rings. The lowest BCUT2D eigenvalue weighted by Gasteiger charge is -2.09. The fraction of sp³-hybridized carbons (Fsp3) is 0.353. The molecule has 2 aromatic heterocycles. The van der Waals surface area contributed by atoms with Crippen molar-refractivity contribution in [3.05, 3.63) is 34.5 Å². The Morgan fingerprint density at radius 1 is 1.41 bits per heavy atom. The van der Waals surface area contributed by atoms with Crippen LogP contribution < -0.4 is 26.7 Å². The number of carbonyl (C=O) groups excluding carboxylic acids is 1. The molecule has 1 fully saturated rings. The van der Waals surface area contributed by atoms with Crippen molar-refractivity contribution in [2.75, 3.05) is 38.0 Å². The van der Waals surface area contributed by atoms with Crippen LogP contribution in [-0.2, 0) is 4.74 Å². The summed E-state index contributed by atoms with van der Waals surface area (Å²) in [6.07, 6.45) is 4.23. The van der Waals surface area contributed by atoms with Crippen LogP contribution in [0.15, 0.2) is 32.5 Å². The average molecular weight is 422 g/mol. The molecule has 0 aliphatic carbocycles. The molecule has 0 spiro atoms. The van der Waals surface area contributed by atoms with Gasteiger partial charge in [0.1, 0.15) is 0 Å². The Morgan fingerprint density at radius 3 is 2.66 bits per heavy atom. The number of nitrogens with one attached hydrogen (secondary N) is 2. The Balaban J connectivity index is 0.000000666. The van der Waals surface area contributed by atoms with Gasteiger partial charge in [-0.05, 0) is 25.6 Å². The number of carbonyl (C=O) groups is 1. The van der Waals surface area contributed by atoms with Gasteiger partial charge in [-0.3, -0.25) is 10.1 Å². The number of ether oxygens (including phenoxy) is 2. The van der Waals surface area contributed by atoms with Gasteiger partial charge in [0.15, 0.2) is 5.76 Å². The zero-order valence-corrected chi connectivity index (χ0v) is 17.0. The SMILES string of the molecule is C1COC1.CNc1cc(C(=O)Nc2nnc(/N=C(C)/C=C\N)s2)oc(=O)c1OC. The maximum atomic E-state index is 12.2. The molecule has 1 amide bonds. The van der Waals surface area contributed by atoms with E-state index in [1.165, 1.54) is 25.8 Å². The summed E-state index contributed by atoms with van der Waals surface area (Å²) in [5.41, 5.74) is 5.47. The minimum absolute atomic E-state index is 0.0185. The zero-order chi connectivity index (χ0) is 21.2. The third-order valence-corrected chi connectivity index (χ3v) is 4.16. The molecule has 0 unspecified atom stereocenters. The molecule has 156 valence electrons. The minimum Gasteiger partial charge on any atom is -0.488 e. The van der Waals surface area contributed by atoms with Crippen LogP contribution in [0.25, 0.3) is 0 Å². The third kappa shape index (κ3) is 6.40. The molecule has 11 nitrogen and oxygen atoms in total. The summed E-state index contributed by atoms with van der Waals surface area (Å²) in [6.45, 7) is 3.74. The van der Waals surface area contributed by atoms with Gasteiger partial charge in [0.25, 0.3) is 5.91 Å². The van der Waals surface area contributed by atoms with Crippen molar-refractivity contribution < 1.29 is 18.7 Å². The second kappa shape index (κ2) is 10.9. The Hall–Kier alpha value is -3.25. The number of hydrogen-bond acceptors (Lipinski definition) is 11. The van der Waals surface area contributed by atoms with E-state index < -0.39 is 11.5 Å². The van der Waals surface area contributed by atoms with Gasteiger partial charge in [-0.15, -0.1) is 10.2 Å². The Bertz CT molecular complexity index is 944. The molecule has 1 aliphatic heterocycles. The van der Waals surface area contributed by atoms with Crippen LogP contribution in [0.4, 0.5) is 16.0 Å². The van der Waals surface area contributed by atoms with E-state index in [9.17, 15) is 9.59 Å². The molecule has 0 saturated carbocycles. The molecule has 1 saturated heterocycles. The minimum atomic E-state index is -0.772. The maximum absolute atomic E-state index is 12.2. The van der Waals surface area contributed by atoms with E-state index in [2.05, 4.69) is 25.8 Å². The number of amides is 1. The van der Waals surface area contributed by atoms with Gasteiger partial charge >= 0.3 is 5.63 Å². The topological polar surface area (TPSA) is 154 Å². The third-order valence-electron chi connectivity index (χ3n) is 3.43. The molecule has 0 bridgehead atoms. The van der Waals surface area contributed by atoms with Gasteiger partial charge in [-0.2, -0.15) is 0 Å². The van der Waals surface area contributed by atoms with E-state index in [0.29, 0.717) is 16.5 Å². The summed E-state index contributed by atoms with van der Waals surface area (Å²) in [4.78, 5) is 28.2. The van der Waals surface area contributed by atoms with Crippen molar-refractivity contribution in [1.82, 2.24) is 10.2 Å². The summed E-state index contributed by atoms with van der Waals surface area (Å²) in [7, 11) is 2.92. The summed E-state index contributed by atoms with van der Waals surface area (Å²) in [5, 5.41) is 13.4. The molecular formula is C17H22N6O5S. The number of aliphatic imine (C=N–C) groups is 1. The maximum Gasteiger partial charge on any atom is 0.381 e. The van der Waals surface area contributed by atoms with Crippen LogP contribution in [0.2, 0.25) is 0 Å². The van der Waals surface area contributed by atoms with Crippen LogP contribution in [0.5, 0.6) is 5.75 Å². The monoisotopic (exact) mass is 422 g/mol. The van der Waals surface area contributed by atoms with Gasteiger partial charge < -0.3 is 24.9 Å². The fourth-order valence-electron chi connectivity index (χ4n) is 1.91. The number of anilines is 2. The van der Waals surface area contributed by atoms with Crippen molar-refractivity contribution in [3.8, 4) is 5.75 Å². The lowest BCUT2D eigenvalue weighted by Crippen LogP contribution is -2.16. The van der Waals surface area contributed by atoms with E-state index >= 15 is 0 Å². The van der Waals surface area contributed by atoms with Gasteiger partial charge in [0.05, 0.1) is 12.8 Å². The largest absolute Gasteiger partial charge is 0.488 e. The molecule has 0 atom stereocenters. The van der Waals surface area contributed by atoms with Crippen LogP contribution in [0.1, 0.15) is 23.9 Å². The van der Waals surface area contributed by atoms with E-state index in [4.69, 9.17) is 19.6 Å². The number of nitrogens with zero attached hydrogens (tertiary/aromatic N) is 3. The standard InChI is InChI=1S/C14H16N6O4S.C3H6O/c1-7(4-5-15)17-13-19-20-14(25-13)18-11(21)9-6-8(16-2)10(23-3)12(22)24-9;1-2-4-3-1/h4-6,16H,15H2,1-3H3,(H,18,20,21);1-3H2/b5-4-,17-7+;. The normalized spacial score (nSPS) is 13.3. The summed E-state index contributed by atoms with van der Waals surface area (Å²) in [6, 6.07) is 1.35. The fourth-order valence-corrected chi connectivity index (χ4v) is 2.58. The molecule has 0 aromatic carbocycles. The van der Waals surface area contributed by atoms with Crippen LogP contribution in [-0.4, -0.2) is 49.2 Å². The first-order chi connectivity index (χ1) is 14.0. The lowest BCUT2D eigenvalue weighted by atomic mass is 10.3. The highest BCUT2D eigenvalue weighted by Crippen LogP contribution is 2.25. The van der Waals surface area contributed by atoms with Crippen molar-refractivity contribution >= 4 is 38.9 Å². The van der Waals surface area contributed by atoms with Crippen LogP contribution in [0.3, 0.4) is 0 Å². The van der Waals surface area contributed by atoms with E-state index in [0.717, 1.165) is 24.6 Å². The first-order valence-electron chi connectivity index (χ1n) is 8.54. The number of rotatable bonds is 6. The molecule has 3 heterocycles. The van der Waals surface area contributed by atoms with Crippen molar-refractivity contribution in [3.63, 3.8) is 0 Å². The van der Waals surface area contributed by atoms with Gasteiger partial charge in [-0.1, -0.05) is 11.3 Å². The van der Waals surface area contributed by atoms with Crippen molar-refractivity contribution in [2.24, 2.45) is 10.7 Å². The molecule has 2 aromatic rings. The highest BCUT2D eigenvalue weighted by atomic mass is 32.1. The van der Waals surface area contributed by atoms with E-state index in [-0.39, 0.29) is 16.6 Å². The van der Waals surface area contributed by atoms with Crippen molar-refractivity contribution in [2.45, 2.75) is 13.3 Å². The van der Waals surface area contributed by atoms with Crippen LogP contribution in [0, 0.1) is 0 Å². The molecule has 12 heteroatoms. The smallest absolute Gasteiger partial charge is 0.381 e. The summed E-state index contributed by atoms with van der Waals surface area (Å²) in [5.74, 6) is -0.867. The van der Waals surface area contributed by atoms with Gasteiger partial charge in [0.2, 0.25) is 16.0 Å². The highest BCUT2D eigenvalue weighted by molar-refractivity contribution is 7.18. The first-order valence-corrected chi connectivity index (χ1v) is 9.36. The van der Waals surface area contributed by atoms with Crippen molar-refractivity contribution in [1.29, 1.82) is 0 Å². The van der Waals surface area contributed by atoms with E-state index in [1.807, 2.05) is 0 Å². The van der Waals surface area contributed by atoms with Gasteiger partial charge in [-0.25, -0.2) is 9.79 Å². The first kappa shape index (κ1) is 22.0. The molecular weight excluding hydrogens is 400 g/mol.